The van der Waals surface area contributed by atoms with Crippen molar-refractivity contribution < 1.29 is 30.5 Å². The van der Waals surface area contributed by atoms with Gasteiger partial charge in [0.25, 0.3) is 0 Å². The Balaban J connectivity index is 0.00000337. The quantitative estimate of drug-likeness (QED) is 0.199. The van der Waals surface area contributed by atoms with Crippen LogP contribution in [0.15, 0.2) is 71.9 Å². The van der Waals surface area contributed by atoms with Crippen molar-refractivity contribution in [3.05, 3.63) is 107 Å². The summed E-state index contributed by atoms with van der Waals surface area (Å²) in [4.78, 5) is 11.7. The van der Waals surface area contributed by atoms with Crippen LogP contribution in [0.5, 0.6) is 11.5 Å². The number of nitrogens with zero attached hydrogens (tertiary/aromatic N) is 3. The maximum absolute atomic E-state index is 6.40. The Kier molecular flexibility index (Phi) is 7.63. The molecular weight excluding hydrogens is 689 g/mol. The van der Waals surface area contributed by atoms with Crippen molar-refractivity contribution in [3.63, 3.8) is 0 Å². The summed E-state index contributed by atoms with van der Waals surface area (Å²) in [6.07, 6.45) is 1.90. The Hall–Kier alpha value is -3.43. The normalized spacial score (nSPS) is 17.1. The van der Waals surface area contributed by atoms with Crippen molar-refractivity contribution in [2.45, 2.75) is 65.3 Å². The average Bonchev–Trinajstić information content (AvgIpc) is 3.34. The molecule has 0 bridgehead atoms. The maximum atomic E-state index is 6.40. The molecule has 5 nitrogen and oxygen atoms in total. The molecule has 3 aromatic carbocycles. The Labute approximate surface area is 257 Å². The van der Waals surface area contributed by atoms with Gasteiger partial charge >= 0.3 is 21.1 Å². The number of fused-ring (bicyclic) bond motifs is 2. The van der Waals surface area contributed by atoms with E-state index in [4.69, 9.17) is 14.5 Å². The molecule has 0 unspecified atom stereocenters. The van der Waals surface area contributed by atoms with Gasteiger partial charge in [0.2, 0.25) is 0 Å². The van der Waals surface area contributed by atoms with Gasteiger partial charge in [0, 0.05) is 23.4 Å². The van der Waals surface area contributed by atoms with Gasteiger partial charge < -0.3 is 14.4 Å². The van der Waals surface area contributed by atoms with Crippen molar-refractivity contribution in [1.29, 1.82) is 0 Å². The molecule has 0 saturated heterocycles. The van der Waals surface area contributed by atoms with E-state index in [9.17, 15) is 0 Å². The third-order valence-electron chi connectivity index (χ3n) is 7.69. The fourth-order valence-electron chi connectivity index (χ4n) is 5.50. The number of ether oxygens (including phenoxy) is 2. The summed E-state index contributed by atoms with van der Waals surface area (Å²) in [7, 11) is 0. The Bertz CT molecular complexity index is 1640. The number of hydrogen-bond acceptors (Lipinski definition) is 5. The first-order chi connectivity index (χ1) is 19.0. The van der Waals surface area contributed by atoms with Crippen LogP contribution in [0.2, 0.25) is 0 Å². The first-order valence-corrected chi connectivity index (χ1v) is 13.9. The summed E-state index contributed by atoms with van der Waals surface area (Å²) in [5.41, 5.74) is 7.29. The molecule has 212 valence electrons. The first kappa shape index (κ1) is 29.1. The molecule has 3 heterocycles. The number of rotatable bonds is 4. The topological polar surface area (TPSA) is 47.0 Å². The number of hydrogen-bond donors (Lipinski definition) is 0. The molecular formula is C35H35N3O2Pt. The molecule has 0 N–H and O–H groups in total. The zero-order valence-electron chi connectivity index (χ0n) is 24.6. The van der Waals surface area contributed by atoms with Gasteiger partial charge in [0.1, 0.15) is 11.7 Å². The van der Waals surface area contributed by atoms with Crippen LogP contribution >= 0.6 is 0 Å². The van der Waals surface area contributed by atoms with Gasteiger partial charge in [-0.15, -0.1) is 29.3 Å². The van der Waals surface area contributed by atoms with E-state index in [1.807, 2.05) is 38.2 Å². The molecule has 2 aliphatic rings. The van der Waals surface area contributed by atoms with E-state index in [0.717, 1.165) is 33.9 Å². The Morgan fingerprint density at radius 2 is 1.76 bits per heavy atom. The summed E-state index contributed by atoms with van der Waals surface area (Å²) in [6, 6.07) is 28.1. The second-order valence-corrected chi connectivity index (χ2v) is 12.3. The van der Waals surface area contributed by atoms with Crippen LogP contribution < -0.4 is 9.64 Å². The van der Waals surface area contributed by atoms with Gasteiger partial charge in [-0.1, -0.05) is 83.1 Å². The van der Waals surface area contributed by atoms with Gasteiger partial charge in [-0.25, -0.2) is 4.98 Å². The van der Waals surface area contributed by atoms with Gasteiger partial charge in [-0.3, -0.25) is 4.99 Å². The minimum absolute atomic E-state index is 0. The predicted molar refractivity (Wildman–Crippen MR) is 161 cm³/mol. The summed E-state index contributed by atoms with van der Waals surface area (Å²) in [6.45, 7) is 15.9. The fourth-order valence-corrected chi connectivity index (χ4v) is 5.50. The van der Waals surface area contributed by atoms with Crippen molar-refractivity contribution >= 4 is 23.1 Å². The fraction of sp³-hybridized carbons (Fsp3) is 0.314. The van der Waals surface area contributed by atoms with E-state index in [0.29, 0.717) is 24.0 Å². The van der Waals surface area contributed by atoms with E-state index in [-0.39, 0.29) is 37.9 Å². The largest absolute Gasteiger partial charge is 2.00 e. The molecule has 0 aliphatic carbocycles. The number of anilines is 3. The van der Waals surface area contributed by atoms with Gasteiger partial charge in [0.15, 0.2) is 0 Å². The standard InChI is InChI=1S/C35H35N3O2.Pt/c1-22-16-24(33-37-23(2)21-39-33)18-27(17-22)40-26-12-13-29-31(20-26)38(30-11-9-8-10-28(30)35(29,6)7)32-19-25(14-15-36-32)34(3,4)5;/h8-17,19,23H,21H2,1-7H3;/q-2;+2/t23-;/m1./s1. The molecule has 41 heavy (non-hydrogen) atoms. The number of aromatic nitrogens is 1. The summed E-state index contributed by atoms with van der Waals surface area (Å²) in [5.74, 6) is 2.69. The maximum Gasteiger partial charge on any atom is 2.00 e. The van der Waals surface area contributed by atoms with Crippen molar-refractivity contribution in [3.8, 4) is 11.5 Å². The van der Waals surface area contributed by atoms with Crippen LogP contribution in [0.3, 0.4) is 0 Å². The van der Waals surface area contributed by atoms with Crippen LogP contribution in [0, 0.1) is 19.1 Å². The minimum Gasteiger partial charge on any atom is -0.518 e. The smallest absolute Gasteiger partial charge is 0.518 e. The van der Waals surface area contributed by atoms with E-state index in [1.54, 1.807) is 0 Å². The third kappa shape index (κ3) is 5.45. The molecule has 0 fully saturated rings. The van der Waals surface area contributed by atoms with Crippen LogP contribution in [-0.2, 0) is 36.6 Å². The SMILES string of the molecule is Cc1cc(Oc2[c-]c3c(cc2)C(C)(C)c2ccccc2N3c2cc(C(C)(C)C)ccn2)[c-]c(C2=N[C@H](C)CO2)c1.[Pt+2]. The van der Waals surface area contributed by atoms with E-state index in [2.05, 4.69) is 99.1 Å². The molecule has 0 spiro atoms. The average molecular weight is 725 g/mol. The van der Waals surface area contributed by atoms with Crippen molar-refractivity contribution in [2.75, 3.05) is 11.5 Å². The zero-order chi connectivity index (χ0) is 28.2. The monoisotopic (exact) mass is 724 g/mol. The van der Waals surface area contributed by atoms with Crippen LogP contribution in [0.4, 0.5) is 17.2 Å². The van der Waals surface area contributed by atoms with Crippen LogP contribution in [0.25, 0.3) is 0 Å². The van der Waals surface area contributed by atoms with Crippen molar-refractivity contribution in [1.82, 2.24) is 4.98 Å². The number of benzene rings is 3. The molecule has 4 aromatic rings. The van der Waals surface area contributed by atoms with Gasteiger partial charge in [0.05, 0.1) is 12.6 Å². The molecule has 0 saturated carbocycles. The number of para-hydroxylation sites is 1. The summed E-state index contributed by atoms with van der Waals surface area (Å²) < 4.78 is 12.2. The Morgan fingerprint density at radius 1 is 0.976 bits per heavy atom. The number of aliphatic imine (C=N–C) groups is 1. The molecule has 1 aromatic heterocycles. The molecule has 0 amide bonds. The van der Waals surface area contributed by atoms with Gasteiger partial charge in [-0.05, 0) is 47.1 Å². The van der Waals surface area contributed by atoms with Gasteiger partial charge in [-0.2, -0.15) is 6.07 Å². The minimum atomic E-state index is -0.226. The second kappa shape index (κ2) is 10.8. The summed E-state index contributed by atoms with van der Waals surface area (Å²) in [5, 5.41) is 0. The molecule has 2 aliphatic heterocycles. The van der Waals surface area contributed by atoms with Crippen LogP contribution in [-0.4, -0.2) is 23.5 Å². The van der Waals surface area contributed by atoms with E-state index in [1.165, 1.54) is 11.1 Å². The van der Waals surface area contributed by atoms with Crippen LogP contribution in [0.1, 0.15) is 69.4 Å². The second-order valence-electron chi connectivity index (χ2n) is 12.3. The third-order valence-corrected chi connectivity index (χ3v) is 7.69. The summed E-state index contributed by atoms with van der Waals surface area (Å²) >= 11 is 0. The Morgan fingerprint density at radius 3 is 2.49 bits per heavy atom. The molecule has 0 radical (unpaired) electrons. The molecule has 6 rings (SSSR count). The first-order valence-electron chi connectivity index (χ1n) is 13.9. The predicted octanol–water partition coefficient (Wildman–Crippen LogP) is 8.35. The molecule has 6 heteroatoms. The van der Waals surface area contributed by atoms with E-state index < -0.39 is 0 Å². The van der Waals surface area contributed by atoms with E-state index >= 15 is 0 Å². The number of pyridine rings is 1. The zero-order valence-corrected chi connectivity index (χ0v) is 26.9. The number of aryl methyl sites for hydroxylation is 1. The van der Waals surface area contributed by atoms with Crippen molar-refractivity contribution in [2.24, 2.45) is 4.99 Å². The molecule has 1 atom stereocenters.